The lowest BCUT2D eigenvalue weighted by Gasteiger charge is -2.01. The lowest BCUT2D eigenvalue weighted by molar-refractivity contribution is 0.810. The van der Waals surface area contributed by atoms with Crippen molar-refractivity contribution < 1.29 is 0 Å². The minimum atomic E-state index is 0.694. The van der Waals surface area contributed by atoms with E-state index in [1.807, 2.05) is 12.3 Å². The van der Waals surface area contributed by atoms with Gasteiger partial charge in [-0.2, -0.15) is 0 Å². The van der Waals surface area contributed by atoms with Crippen molar-refractivity contribution in [3.8, 4) is 0 Å². The fourth-order valence-electron chi connectivity index (χ4n) is 2.24. The van der Waals surface area contributed by atoms with Crippen LogP contribution in [-0.2, 0) is 0 Å². The topological polar surface area (TPSA) is 38.9 Å². The molecule has 2 N–H and O–H groups in total. The first-order valence-corrected chi connectivity index (χ1v) is 5.43. The van der Waals surface area contributed by atoms with E-state index in [9.17, 15) is 0 Å². The zero-order valence-electron chi connectivity index (χ0n) is 8.56. The van der Waals surface area contributed by atoms with Gasteiger partial charge in [0.05, 0.1) is 5.52 Å². The van der Waals surface area contributed by atoms with Crippen LogP contribution in [0.15, 0.2) is 36.5 Å². The summed E-state index contributed by atoms with van der Waals surface area (Å²) < 4.78 is 0. The molecule has 0 aliphatic heterocycles. The molecular weight excluding hydrogens is 184 g/mol. The lowest BCUT2D eigenvalue weighted by Crippen LogP contribution is -2.01. The molecule has 0 amide bonds. The Morgan fingerprint density at radius 2 is 2.27 bits per heavy atom. The normalized spacial score (nSPS) is 24.3. The number of hydrogen-bond donors (Lipinski definition) is 1. The van der Waals surface area contributed by atoms with E-state index in [1.165, 1.54) is 17.4 Å². The first-order chi connectivity index (χ1) is 7.38. The van der Waals surface area contributed by atoms with Crippen LogP contribution in [0.2, 0.25) is 0 Å². The SMILES string of the molecule is NCC1CC1c1ccc2ncccc2c1. The van der Waals surface area contributed by atoms with Gasteiger partial charge in [0.1, 0.15) is 0 Å². The zero-order chi connectivity index (χ0) is 10.3. The Balaban J connectivity index is 2.00. The highest BCUT2D eigenvalue weighted by Crippen LogP contribution is 2.46. The second-order valence-electron chi connectivity index (χ2n) is 4.29. The fourth-order valence-corrected chi connectivity index (χ4v) is 2.24. The molecule has 2 atom stereocenters. The Kier molecular flexibility index (Phi) is 1.96. The summed E-state index contributed by atoms with van der Waals surface area (Å²) in [4.78, 5) is 4.32. The van der Waals surface area contributed by atoms with Crippen LogP contribution in [0.5, 0.6) is 0 Å². The maximum atomic E-state index is 5.66. The third kappa shape index (κ3) is 1.51. The van der Waals surface area contributed by atoms with E-state index in [1.54, 1.807) is 0 Å². The van der Waals surface area contributed by atoms with Crippen LogP contribution >= 0.6 is 0 Å². The summed E-state index contributed by atoms with van der Waals surface area (Å²) >= 11 is 0. The molecule has 2 nitrogen and oxygen atoms in total. The molecule has 2 unspecified atom stereocenters. The van der Waals surface area contributed by atoms with E-state index in [2.05, 4.69) is 29.2 Å². The van der Waals surface area contributed by atoms with Gasteiger partial charge in [0, 0.05) is 11.6 Å². The summed E-state index contributed by atoms with van der Waals surface area (Å²) in [6.45, 7) is 0.815. The van der Waals surface area contributed by atoms with Crippen molar-refractivity contribution in [1.82, 2.24) is 4.98 Å². The van der Waals surface area contributed by atoms with E-state index >= 15 is 0 Å². The van der Waals surface area contributed by atoms with E-state index in [0.29, 0.717) is 11.8 Å². The summed E-state index contributed by atoms with van der Waals surface area (Å²) in [5.41, 5.74) is 8.16. The molecule has 1 aliphatic rings. The van der Waals surface area contributed by atoms with Crippen molar-refractivity contribution in [2.75, 3.05) is 6.54 Å². The largest absolute Gasteiger partial charge is 0.330 e. The van der Waals surface area contributed by atoms with Crippen molar-refractivity contribution in [3.63, 3.8) is 0 Å². The van der Waals surface area contributed by atoms with Crippen molar-refractivity contribution in [3.05, 3.63) is 42.1 Å². The fraction of sp³-hybridized carbons (Fsp3) is 0.308. The molecule has 0 spiro atoms. The van der Waals surface area contributed by atoms with E-state index < -0.39 is 0 Å². The highest BCUT2D eigenvalue weighted by atomic mass is 14.6. The van der Waals surface area contributed by atoms with Gasteiger partial charge in [0.25, 0.3) is 0 Å². The number of nitrogens with two attached hydrogens (primary N) is 1. The van der Waals surface area contributed by atoms with Crippen molar-refractivity contribution >= 4 is 10.9 Å². The molecule has 15 heavy (non-hydrogen) atoms. The van der Waals surface area contributed by atoms with E-state index in [4.69, 9.17) is 5.73 Å². The molecule has 1 aromatic carbocycles. The first kappa shape index (κ1) is 8.86. The van der Waals surface area contributed by atoms with Crippen LogP contribution in [0.3, 0.4) is 0 Å². The number of benzene rings is 1. The predicted octanol–water partition coefficient (Wildman–Crippen LogP) is 2.30. The van der Waals surface area contributed by atoms with Crippen LogP contribution in [-0.4, -0.2) is 11.5 Å². The Bertz CT molecular complexity index is 493. The van der Waals surface area contributed by atoms with Crippen LogP contribution < -0.4 is 5.73 Å². The van der Waals surface area contributed by atoms with Crippen molar-refractivity contribution in [2.45, 2.75) is 12.3 Å². The summed E-state index contributed by atoms with van der Waals surface area (Å²) in [5, 5.41) is 1.23. The van der Waals surface area contributed by atoms with Gasteiger partial charge in [0.15, 0.2) is 0 Å². The molecule has 0 bridgehead atoms. The smallest absolute Gasteiger partial charge is 0.0702 e. The Morgan fingerprint density at radius 1 is 1.33 bits per heavy atom. The summed E-state index contributed by atoms with van der Waals surface area (Å²) in [6, 6.07) is 10.7. The van der Waals surface area contributed by atoms with Gasteiger partial charge in [-0.1, -0.05) is 12.1 Å². The highest BCUT2D eigenvalue weighted by Gasteiger charge is 2.36. The Hall–Kier alpha value is -1.41. The second kappa shape index (κ2) is 3.31. The predicted molar refractivity (Wildman–Crippen MR) is 61.6 cm³/mol. The summed E-state index contributed by atoms with van der Waals surface area (Å²) in [6.07, 6.45) is 3.09. The summed E-state index contributed by atoms with van der Waals surface area (Å²) in [7, 11) is 0. The zero-order valence-corrected chi connectivity index (χ0v) is 8.56. The third-order valence-corrected chi connectivity index (χ3v) is 3.28. The highest BCUT2D eigenvalue weighted by molar-refractivity contribution is 5.79. The Labute approximate surface area is 89.1 Å². The Morgan fingerprint density at radius 3 is 3.07 bits per heavy atom. The quantitative estimate of drug-likeness (QED) is 0.804. The van der Waals surface area contributed by atoms with Crippen LogP contribution in [0.4, 0.5) is 0 Å². The van der Waals surface area contributed by atoms with Crippen LogP contribution in [0.25, 0.3) is 10.9 Å². The maximum absolute atomic E-state index is 5.66. The molecule has 3 rings (SSSR count). The number of rotatable bonds is 2. The third-order valence-electron chi connectivity index (χ3n) is 3.28. The molecular formula is C13H14N2. The molecule has 1 saturated carbocycles. The molecule has 1 aliphatic carbocycles. The number of nitrogens with zero attached hydrogens (tertiary/aromatic N) is 1. The molecule has 1 fully saturated rings. The average Bonchev–Trinajstić information content (AvgIpc) is 3.08. The van der Waals surface area contributed by atoms with E-state index in [-0.39, 0.29) is 0 Å². The average molecular weight is 198 g/mol. The number of pyridine rings is 1. The number of hydrogen-bond acceptors (Lipinski definition) is 2. The first-order valence-electron chi connectivity index (χ1n) is 5.43. The molecule has 76 valence electrons. The van der Waals surface area contributed by atoms with Crippen LogP contribution in [0, 0.1) is 5.92 Å². The minimum absolute atomic E-state index is 0.694. The van der Waals surface area contributed by atoms with Gasteiger partial charge in [-0.15, -0.1) is 0 Å². The number of fused-ring (bicyclic) bond motifs is 1. The van der Waals surface area contributed by atoms with Crippen molar-refractivity contribution in [2.24, 2.45) is 11.7 Å². The van der Waals surface area contributed by atoms with Gasteiger partial charge < -0.3 is 5.73 Å². The van der Waals surface area contributed by atoms with Gasteiger partial charge in [-0.25, -0.2) is 0 Å². The second-order valence-corrected chi connectivity index (χ2v) is 4.29. The molecule has 0 saturated heterocycles. The molecule has 1 heterocycles. The lowest BCUT2D eigenvalue weighted by atomic mass is 10.1. The molecule has 2 aromatic rings. The minimum Gasteiger partial charge on any atom is -0.330 e. The van der Waals surface area contributed by atoms with Crippen LogP contribution in [0.1, 0.15) is 17.9 Å². The molecule has 1 aromatic heterocycles. The van der Waals surface area contributed by atoms with E-state index in [0.717, 1.165) is 12.1 Å². The summed E-state index contributed by atoms with van der Waals surface area (Å²) in [5.74, 6) is 1.40. The van der Waals surface area contributed by atoms with Gasteiger partial charge in [-0.05, 0) is 48.6 Å². The monoisotopic (exact) mass is 198 g/mol. The van der Waals surface area contributed by atoms with Crippen molar-refractivity contribution in [1.29, 1.82) is 0 Å². The molecule has 0 radical (unpaired) electrons. The maximum Gasteiger partial charge on any atom is 0.0702 e. The van der Waals surface area contributed by atoms with Gasteiger partial charge in [-0.3, -0.25) is 4.98 Å². The van der Waals surface area contributed by atoms with Gasteiger partial charge >= 0.3 is 0 Å². The standard InChI is InChI=1S/C13H14N2/c14-8-11-7-12(11)9-3-4-13-10(6-9)2-1-5-15-13/h1-6,11-12H,7-8,14H2. The van der Waals surface area contributed by atoms with Gasteiger partial charge in [0.2, 0.25) is 0 Å². The number of aromatic nitrogens is 1. The molecule has 2 heteroatoms.